The van der Waals surface area contributed by atoms with Gasteiger partial charge in [0, 0.05) is 17.8 Å². The zero-order valence-corrected chi connectivity index (χ0v) is 15.7. The number of nitrogens with one attached hydrogen (secondary N) is 1. The SMILES string of the molecule is COc1ccc(/C=C/C(=O)OCC(=O)Nc2ccc(OC)c(OC)c2)cc1F. The van der Waals surface area contributed by atoms with Gasteiger partial charge in [-0.05, 0) is 35.9 Å². The van der Waals surface area contributed by atoms with Gasteiger partial charge in [-0.1, -0.05) is 6.07 Å². The van der Waals surface area contributed by atoms with Crippen molar-refractivity contribution in [3.63, 3.8) is 0 Å². The minimum Gasteiger partial charge on any atom is -0.494 e. The minimum atomic E-state index is -0.737. The van der Waals surface area contributed by atoms with Gasteiger partial charge in [0.25, 0.3) is 5.91 Å². The van der Waals surface area contributed by atoms with Crippen molar-refractivity contribution in [1.82, 2.24) is 0 Å². The van der Waals surface area contributed by atoms with Crippen LogP contribution in [0.5, 0.6) is 17.2 Å². The lowest BCUT2D eigenvalue weighted by Gasteiger charge is -2.10. The summed E-state index contributed by atoms with van der Waals surface area (Å²) in [5.74, 6) is -0.735. The van der Waals surface area contributed by atoms with Gasteiger partial charge in [0.15, 0.2) is 29.7 Å². The summed E-state index contributed by atoms with van der Waals surface area (Å²) >= 11 is 0. The van der Waals surface area contributed by atoms with Gasteiger partial charge in [0.2, 0.25) is 0 Å². The molecule has 2 aromatic carbocycles. The summed E-state index contributed by atoms with van der Waals surface area (Å²) in [6, 6.07) is 9.08. The zero-order chi connectivity index (χ0) is 20.5. The van der Waals surface area contributed by atoms with Gasteiger partial charge in [-0.3, -0.25) is 4.79 Å². The molecular formula is C20H20FNO6. The summed E-state index contributed by atoms with van der Waals surface area (Å²) in [6.07, 6.45) is 2.47. The third kappa shape index (κ3) is 5.73. The summed E-state index contributed by atoms with van der Waals surface area (Å²) in [5.41, 5.74) is 0.910. The molecule has 0 bridgehead atoms. The molecule has 0 radical (unpaired) electrons. The molecule has 8 heteroatoms. The van der Waals surface area contributed by atoms with Gasteiger partial charge >= 0.3 is 5.97 Å². The Labute approximate surface area is 161 Å². The summed E-state index contributed by atoms with van der Waals surface area (Å²) in [6.45, 7) is -0.478. The Bertz CT molecular complexity index is 881. The van der Waals surface area contributed by atoms with Gasteiger partial charge in [0.05, 0.1) is 21.3 Å². The van der Waals surface area contributed by atoms with Gasteiger partial charge in [-0.15, -0.1) is 0 Å². The van der Waals surface area contributed by atoms with Gasteiger partial charge in [0.1, 0.15) is 0 Å². The summed E-state index contributed by atoms with van der Waals surface area (Å²) in [4.78, 5) is 23.6. The number of hydrogen-bond acceptors (Lipinski definition) is 6. The third-order valence-corrected chi connectivity index (χ3v) is 3.60. The number of anilines is 1. The quantitative estimate of drug-likeness (QED) is 0.552. The van der Waals surface area contributed by atoms with Crippen LogP contribution >= 0.6 is 0 Å². The lowest BCUT2D eigenvalue weighted by Crippen LogP contribution is -2.20. The average Bonchev–Trinajstić information content (AvgIpc) is 2.70. The van der Waals surface area contributed by atoms with Crippen LogP contribution in [-0.2, 0) is 14.3 Å². The molecule has 2 rings (SSSR count). The monoisotopic (exact) mass is 389 g/mol. The van der Waals surface area contributed by atoms with E-state index in [1.54, 1.807) is 24.3 Å². The predicted molar refractivity (Wildman–Crippen MR) is 101 cm³/mol. The van der Waals surface area contributed by atoms with Gasteiger partial charge < -0.3 is 24.3 Å². The van der Waals surface area contributed by atoms with Crippen LogP contribution in [0.1, 0.15) is 5.56 Å². The Morgan fingerprint density at radius 3 is 2.29 bits per heavy atom. The molecule has 0 fully saturated rings. The van der Waals surface area contributed by atoms with Crippen molar-refractivity contribution in [1.29, 1.82) is 0 Å². The second-order valence-corrected chi connectivity index (χ2v) is 5.45. The van der Waals surface area contributed by atoms with Gasteiger partial charge in [-0.2, -0.15) is 0 Å². The van der Waals surface area contributed by atoms with Crippen molar-refractivity contribution < 1.29 is 32.9 Å². The first-order valence-electron chi connectivity index (χ1n) is 8.17. The molecule has 0 aromatic heterocycles. The number of ether oxygens (including phenoxy) is 4. The van der Waals surface area contributed by atoms with Crippen molar-refractivity contribution in [2.75, 3.05) is 33.3 Å². The van der Waals surface area contributed by atoms with Crippen LogP contribution in [-0.4, -0.2) is 39.8 Å². The number of esters is 1. The summed E-state index contributed by atoms with van der Waals surface area (Å²) < 4.78 is 33.5. The Balaban J connectivity index is 1.87. The molecule has 1 N–H and O–H groups in total. The lowest BCUT2D eigenvalue weighted by atomic mass is 10.2. The largest absolute Gasteiger partial charge is 0.494 e. The molecule has 0 unspecified atom stereocenters. The summed E-state index contributed by atoms with van der Waals surface area (Å²) in [5, 5.41) is 2.58. The third-order valence-electron chi connectivity index (χ3n) is 3.60. The van der Waals surface area contributed by atoms with E-state index in [0.29, 0.717) is 22.7 Å². The van der Waals surface area contributed by atoms with Crippen LogP contribution in [0.2, 0.25) is 0 Å². The van der Waals surface area contributed by atoms with Crippen molar-refractivity contribution >= 4 is 23.6 Å². The zero-order valence-electron chi connectivity index (χ0n) is 15.7. The number of carbonyl (C=O) groups excluding carboxylic acids is 2. The van der Waals surface area contributed by atoms with E-state index in [2.05, 4.69) is 5.32 Å². The molecule has 7 nitrogen and oxygen atoms in total. The number of halogens is 1. The highest BCUT2D eigenvalue weighted by Crippen LogP contribution is 2.29. The minimum absolute atomic E-state index is 0.103. The number of amides is 1. The first-order chi connectivity index (χ1) is 13.5. The van der Waals surface area contributed by atoms with E-state index in [-0.39, 0.29) is 5.75 Å². The Hall–Kier alpha value is -3.55. The van der Waals surface area contributed by atoms with Crippen LogP contribution in [0.25, 0.3) is 6.08 Å². The number of carbonyl (C=O) groups is 2. The fourth-order valence-electron chi connectivity index (χ4n) is 2.25. The number of methoxy groups -OCH3 is 3. The van der Waals surface area contributed by atoms with Crippen molar-refractivity contribution in [2.24, 2.45) is 0 Å². The molecule has 0 aliphatic heterocycles. The normalized spacial score (nSPS) is 10.4. The molecule has 0 aliphatic rings. The van der Waals surface area contributed by atoms with E-state index in [4.69, 9.17) is 18.9 Å². The highest BCUT2D eigenvalue weighted by molar-refractivity contribution is 5.94. The van der Waals surface area contributed by atoms with Crippen LogP contribution in [0, 0.1) is 5.82 Å². The maximum atomic E-state index is 13.6. The van der Waals surface area contributed by atoms with Crippen molar-refractivity contribution in [3.05, 3.63) is 53.9 Å². The predicted octanol–water partition coefficient (Wildman–Crippen LogP) is 3.05. The molecule has 28 heavy (non-hydrogen) atoms. The van der Waals surface area contributed by atoms with E-state index in [1.807, 2.05) is 0 Å². The maximum Gasteiger partial charge on any atom is 0.331 e. The van der Waals surface area contributed by atoms with E-state index in [1.165, 1.54) is 39.5 Å². The maximum absolute atomic E-state index is 13.6. The number of hydrogen-bond donors (Lipinski definition) is 1. The molecule has 0 spiro atoms. The highest BCUT2D eigenvalue weighted by atomic mass is 19.1. The molecule has 0 saturated heterocycles. The van der Waals surface area contributed by atoms with E-state index >= 15 is 0 Å². The summed E-state index contributed by atoms with van der Waals surface area (Å²) in [7, 11) is 4.34. The molecule has 0 saturated carbocycles. The standard InChI is InChI=1S/C20H20FNO6/c1-25-16-7-4-13(10-15(16)21)5-9-20(24)28-12-19(23)22-14-6-8-17(26-2)18(11-14)27-3/h4-11H,12H2,1-3H3,(H,22,23)/b9-5+. The van der Waals surface area contributed by atoms with E-state index in [0.717, 1.165) is 6.08 Å². The molecule has 0 atom stereocenters. The van der Waals surface area contributed by atoms with Crippen LogP contribution in [0.4, 0.5) is 10.1 Å². The van der Waals surface area contributed by atoms with Crippen molar-refractivity contribution in [3.8, 4) is 17.2 Å². The lowest BCUT2D eigenvalue weighted by molar-refractivity contribution is -0.142. The fraction of sp³-hybridized carbons (Fsp3) is 0.200. The highest BCUT2D eigenvalue weighted by Gasteiger charge is 2.09. The second kappa shape index (κ2) is 9.96. The average molecular weight is 389 g/mol. The van der Waals surface area contributed by atoms with Crippen molar-refractivity contribution in [2.45, 2.75) is 0 Å². The Morgan fingerprint density at radius 1 is 0.964 bits per heavy atom. The number of benzene rings is 2. The number of rotatable bonds is 8. The second-order valence-electron chi connectivity index (χ2n) is 5.45. The smallest absolute Gasteiger partial charge is 0.331 e. The Morgan fingerprint density at radius 2 is 1.64 bits per heavy atom. The van der Waals surface area contributed by atoms with Crippen LogP contribution in [0.15, 0.2) is 42.5 Å². The van der Waals surface area contributed by atoms with Crippen LogP contribution in [0.3, 0.4) is 0 Å². The molecule has 148 valence electrons. The first kappa shape index (κ1) is 20.8. The molecule has 0 heterocycles. The van der Waals surface area contributed by atoms with Gasteiger partial charge in [-0.25, -0.2) is 9.18 Å². The molecular weight excluding hydrogens is 369 g/mol. The first-order valence-corrected chi connectivity index (χ1v) is 8.17. The van der Waals surface area contributed by atoms with E-state index in [9.17, 15) is 14.0 Å². The molecule has 0 aliphatic carbocycles. The van der Waals surface area contributed by atoms with Crippen LogP contribution < -0.4 is 19.5 Å². The van der Waals surface area contributed by atoms with E-state index < -0.39 is 24.3 Å². The topological polar surface area (TPSA) is 83.1 Å². The fourth-order valence-corrected chi connectivity index (χ4v) is 2.25. The molecule has 2 aromatic rings. The Kier molecular flexibility index (Phi) is 7.38. The molecule has 1 amide bonds.